The van der Waals surface area contributed by atoms with Crippen LogP contribution in [0.5, 0.6) is 0 Å². The van der Waals surface area contributed by atoms with Crippen LogP contribution >= 0.6 is 11.3 Å². The first kappa shape index (κ1) is 16.5. The summed E-state index contributed by atoms with van der Waals surface area (Å²) in [6.07, 6.45) is 0.458. The van der Waals surface area contributed by atoms with E-state index in [9.17, 15) is 4.79 Å². The van der Waals surface area contributed by atoms with Gasteiger partial charge in [-0.3, -0.25) is 5.32 Å². The summed E-state index contributed by atoms with van der Waals surface area (Å²) in [7, 11) is 0. The van der Waals surface area contributed by atoms with Gasteiger partial charge in [-0.1, -0.05) is 32.0 Å². The van der Waals surface area contributed by atoms with Crippen molar-refractivity contribution < 1.29 is 14.4 Å². The van der Waals surface area contributed by atoms with Crippen molar-refractivity contribution in [2.75, 3.05) is 11.9 Å². The molecule has 120 valence electrons. The van der Waals surface area contributed by atoms with Crippen molar-refractivity contribution in [3.8, 4) is 0 Å². The second-order valence-electron chi connectivity index (χ2n) is 6.01. The van der Waals surface area contributed by atoms with Crippen molar-refractivity contribution in [1.82, 2.24) is 10.5 Å². The molecule has 0 saturated carbocycles. The van der Waals surface area contributed by atoms with Crippen molar-refractivity contribution in [2.45, 2.75) is 38.6 Å². The Hall–Kier alpha value is -1.86. The number of aliphatic hydroxyl groups is 1. The number of thiophene rings is 1. The fourth-order valence-electron chi connectivity index (χ4n) is 1.90. The van der Waals surface area contributed by atoms with Crippen LogP contribution in [0.4, 0.5) is 10.6 Å². The molecule has 0 fully saturated rings. The Bertz CT molecular complexity index is 602. The average Bonchev–Trinajstić information content (AvgIpc) is 3.08. The summed E-state index contributed by atoms with van der Waals surface area (Å²) >= 11 is 1.54. The molecule has 2 aromatic heterocycles. The number of urea groups is 1. The van der Waals surface area contributed by atoms with E-state index < -0.39 is 0 Å². The van der Waals surface area contributed by atoms with E-state index in [1.165, 1.54) is 11.3 Å². The Morgan fingerprint density at radius 3 is 2.82 bits per heavy atom. The summed E-state index contributed by atoms with van der Waals surface area (Å²) in [5, 5.41) is 20.4. The number of hydrogen-bond donors (Lipinski definition) is 3. The molecule has 0 radical (unpaired) electrons. The Kier molecular flexibility index (Phi) is 5.20. The summed E-state index contributed by atoms with van der Waals surface area (Å²) in [4.78, 5) is 13.1. The number of carbonyl (C=O) groups is 1. The first-order chi connectivity index (χ1) is 10.4. The van der Waals surface area contributed by atoms with Crippen molar-refractivity contribution in [3.05, 3.63) is 34.2 Å². The van der Waals surface area contributed by atoms with Gasteiger partial charge in [-0.15, -0.1) is 11.3 Å². The van der Waals surface area contributed by atoms with Gasteiger partial charge in [0.05, 0.1) is 6.04 Å². The molecule has 1 atom stereocenters. The Morgan fingerprint density at radius 2 is 2.27 bits per heavy atom. The zero-order valence-corrected chi connectivity index (χ0v) is 13.7. The lowest BCUT2D eigenvalue weighted by Gasteiger charge is -2.16. The molecule has 22 heavy (non-hydrogen) atoms. The highest BCUT2D eigenvalue weighted by Gasteiger charge is 2.21. The third kappa shape index (κ3) is 4.32. The number of anilines is 1. The van der Waals surface area contributed by atoms with E-state index in [1.807, 2.05) is 38.3 Å². The summed E-state index contributed by atoms with van der Waals surface area (Å²) in [5.74, 6) is 1.07. The topological polar surface area (TPSA) is 87.4 Å². The molecule has 0 aliphatic carbocycles. The Labute approximate surface area is 133 Å². The van der Waals surface area contributed by atoms with Crippen LogP contribution in [0.15, 0.2) is 28.1 Å². The van der Waals surface area contributed by atoms with Gasteiger partial charge in [-0.05, 0) is 17.9 Å². The Balaban J connectivity index is 1.98. The van der Waals surface area contributed by atoms with Gasteiger partial charge in [0.2, 0.25) is 0 Å². The SMILES string of the molecule is CC(C)(C)c1cc(NC(=O)N[C@@H](CCO)c2cccs2)no1. The van der Waals surface area contributed by atoms with Crippen LogP contribution in [0.3, 0.4) is 0 Å². The molecule has 0 aromatic carbocycles. The lowest BCUT2D eigenvalue weighted by molar-refractivity contribution is 0.239. The summed E-state index contributed by atoms with van der Waals surface area (Å²) in [6, 6.07) is 4.96. The maximum absolute atomic E-state index is 12.1. The maximum Gasteiger partial charge on any atom is 0.321 e. The van der Waals surface area contributed by atoms with Gasteiger partial charge in [0, 0.05) is 23.0 Å². The van der Waals surface area contributed by atoms with Crippen LogP contribution in [0, 0.1) is 0 Å². The van der Waals surface area contributed by atoms with Crippen molar-refractivity contribution >= 4 is 23.2 Å². The molecule has 3 N–H and O–H groups in total. The smallest absolute Gasteiger partial charge is 0.321 e. The van der Waals surface area contributed by atoms with Crippen molar-refractivity contribution in [3.63, 3.8) is 0 Å². The number of rotatable bonds is 5. The highest BCUT2D eigenvalue weighted by Crippen LogP contribution is 2.25. The Morgan fingerprint density at radius 1 is 1.50 bits per heavy atom. The summed E-state index contributed by atoms with van der Waals surface area (Å²) in [6.45, 7) is 6.02. The van der Waals surface area contributed by atoms with E-state index in [2.05, 4.69) is 15.8 Å². The lowest BCUT2D eigenvalue weighted by atomic mass is 9.93. The third-order valence-electron chi connectivity index (χ3n) is 3.10. The minimum Gasteiger partial charge on any atom is -0.396 e. The number of aliphatic hydroxyl groups excluding tert-OH is 1. The third-order valence-corrected chi connectivity index (χ3v) is 4.09. The van der Waals surface area contributed by atoms with Crippen LogP contribution in [0.1, 0.15) is 43.9 Å². The number of nitrogens with one attached hydrogen (secondary N) is 2. The zero-order chi connectivity index (χ0) is 16.2. The minimum atomic E-state index is -0.374. The monoisotopic (exact) mass is 323 g/mol. The number of carbonyl (C=O) groups excluding carboxylic acids is 1. The van der Waals surface area contributed by atoms with E-state index in [4.69, 9.17) is 9.63 Å². The van der Waals surface area contributed by atoms with E-state index in [0.717, 1.165) is 4.88 Å². The normalized spacial score (nSPS) is 12.9. The second kappa shape index (κ2) is 6.93. The van der Waals surface area contributed by atoms with E-state index >= 15 is 0 Å². The molecule has 2 heterocycles. The van der Waals surface area contributed by atoms with Crippen LogP contribution in [-0.2, 0) is 5.41 Å². The van der Waals surface area contributed by atoms with Gasteiger partial charge < -0.3 is 14.9 Å². The first-order valence-corrected chi connectivity index (χ1v) is 7.97. The summed E-state index contributed by atoms with van der Waals surface area (Å²) in [5.41, 5.74) is -0.167. The van der Waals surface area contributed by atoms with Gasteiger partial charge in [0.15, 0.2) is 5.82 Å². The molecule has 0 aliphatic rings. The first-order valence-electron chi connectivity index (χ1n) is 7.09. The second-order valence-corrected chi connectivity index (χ2v) is 6.98. The predicted octanol–water partition coefficient (Wildman–Crippen LogP) is 3.28. The van der Waals surface area contributed by atoms with E-state index in [1.54, 1.807) is 6.07 Å². The molecule has 2 aromatic rings. The molecule has 0 saturated heterocycles. The van der Waals surface area contributed by atoms with Gasteiger partial charge in [0.25, 0.3) is 0 Å². The molecule has 2 amide bonds. The van der Waals surface area contributed by atoms with Crippen LogP contribution in [-0.4, -0.2) is 22.9 Å². The molecule has 2 rings (SSSR count). The molecular formula is C15H21N3O3S. The van der Waals surface area contributed by atoms with Crippen LogP contribution < -0.4 is 10.6 Å². The van der Waals surface area contributed by atoms with Crippen molar-refractivity contribution in [2.24, 2.45) is 0 Å². The number of nitrogens with zero attached hydrogens (tertiary/aromatic N) is 1. The molecule has 0 aliphatic heterocycles. The van der Waals surface area contributed by atoms with Gasteiger partial charge in [-0.2, -0.15) is 0 Å². The average molecular weight is 323 g/mol. The molecular weight excluding hydrogens is 302 g/mol. The lowest BCUT2D eigenvalue weighted by Crippen LogP contribution is -2.32. The highest BCUT2D eigenvalue weighted by atomic mass is 32.1. The molecule has 0 bridgehead atoms. The predicted molar refractivity (Wildman–Crippen MR) is 86.1 cm³/mol. The van der Waals surface area contributed by atoms with Crippen LogP contribution in [0.25, 0.3) is 0 Å². The molecule has 0 spiro atoms. The van der Waals surface area contributed by atoms with Crippen LogP contribution in [0.2, 0.25) is 0 Å². The van der Waals surface area contributed by atoms with Crippen molar-refractivity contribution in [1.29, 1.82) is 0 Å². The van der Waals surface area contributed by atoms with Gasteiger partial charge in [-0.25, -0.2) is 4.79 Å². The van der Waals surface area contributed by atoms with Gasteiger partial charge >= 0.3 is 6.03 Å². The zero-order valence-electron chi connectivity index (χ0n) is 12.9. The minimum absolute atomic E-state index is 0.000971. The quantitative estimate of drug-likeness (QED) is 0.788. The number of amides is 2. The fraction of sp³-hybridized carbons (Fsp3) is 0.467. The maximum atomic E-state index is 12.1. The molecule has 7 heteroatoms. The number of aromatic nitrogens is 1. The molecule has 6 nitrogen and oxygen atoms in total. The molecule has 0 unspecified atom stereocenters. The highest BCUT2D eigenvalue weighted by molar-refractivity contribution is 7.10. The fourth-order valence-corrected chi connectivity index (χ4v) is 2.71. The number of hydrogen-bond acceptors (Lipinski definition) is 5. The van der Waals surface area contributed by atoms with E-state index in [0.29, 0.717) is 18.0 Å². The largest absolute Gasteiger partial charge is 0.396 e. The summed E-state index contributed by atoms with van der Waals surface area (Å²) < 4.78 is 5.22. The standard InChI is InChI=1S/C15H21N3O3S/c1-15(2,3)12-9-13(18-21-12)17-14(20)16-10(6-7-19)11-5-4-8-22-11/h4-5,8-10,19H,6-7H2,1-3H3,(H2,16,17,18,20)/t10-/m0/s1. The van der Waals surface area contributed by atoms with Gasteiger partial charge in [0.1, 0.15) is 5.76 Å². The van der Waals surface area contributed by atoms with E-state index in [-0.39, 0.29) is 24.1 Å².